The molecule has 0 saturated carbocycles. The molecule has 2 aromatic heterocycles. The Kier molecular flexibility index (Phi) is 6.37. The van der Waals surface area contributed by atoms with E-state index in [1.165, 1.54) is 0 Å². The average molecular weight is 435 g/mol. The number of carbonyl (C=O) groups excluding carboxylic acids is 1. The molecule has 0 bridgehead atoms. The topological polar surface area (TPSA) is 59.8 Å². The number of rotatable bonds is 8. The van der Waals surface area contributed by atoms with Crippen LogP contribution in [0.2, 0.25) is 5.02 Å². The molecule has 150 valence electrons. The minimum Gasteiger partial charge on any atom is -0.379 e. The summed E-state index contributed by atoms with van der Waals surface area (Å²) in [4.78, 5) is 13.3. The van der Waals surface area contributed by atoms with E-state index >= 15 is 0 Å². The summed E-state index contributed by atoms with van der Waals surface area (Å²) in [5.41, 5.74) is 3.52. The van der Waals surface area contributed by atoms with Gasteiger partial charge >= 0.3 is 0 Å². The van der Waals surface area contributed by atoms with Gasteiger partial charge in [0.25, 0.3) is 0 Å². The first-order chi connectivity index (χ1) is 14.7. The molecule has 0 radical (unpaired) electrons. The molecule has 0 aliphatic carbocycles. The van der Waals surface area contributed by atoms with Crippen LogP contribution in [0.25, 0.3) is 6.08 Å². The smallest absolute Gasteiger partial charge is 0.185 e. The molecule has 0 aliphatic heterocycles. The van der Waals surface area contributed by atoms with Gasteiger partial charge in [-0.05, 0) is 65.6 Å². The molecule has 4 rings (SSSR count). The zero-order chi connectivity index (χ0) is 20.8. The molecular weight excluding hydrogens is 416 g/mol. The van der Waals surface area contributed by atoms with Crippen molar-refractivity contribution in [3.63, 3.8) is 0 Å². The van der Waals surface area contributed by atoms with E-state index in [1.807, 2.05) is 78.3 Å². The van der Waals surface area contributed by atoms with E-state index in [0.717, 1.165) is 21.8 Å². The Morgan fingerprint density at radius 3 is 2.63 bits per heavy atom. The number of nitrogens with one attached hydrogen (secondary N) is 1. The summed E-state index contributed by atoms with van der Waals surface area (Å²) in [5.74, 6) is -0.0138. The largest absolute Gasteiger partial charge is 0.379 e. The molecule has 0 saturated heterocycles. The van der Waals surface area contributed by atoms with Crippen LogP contribution in [0.3, 0.4) is 0 Å². The highest BCUT2D eigenvalue weighted by molar-refractivity contribution is 7.10. The van der Waals surface area contributed by atoms with E-state index in [-0.39, 0.29) is 5.78 Å². The Morgan fingerprint density at radius 1 is 1.10 bits per heavy atom. The lowest BCUT2D eigenvalue weighted by Crippen LogP contribution is -2.01. The van der Waals surface area contributed by atoms with Crippen molar-refractivity contribution in [3.8, 4) is 0 Å². The van der Waals surface area contributed by atoms with Gasteiger partial charge in [0.2, 0.25) is 0 Å². The Bertz CT molecular complexity index is 1130. The number of hydrogen-bond donors (Lipinski definition) is 1. The van der Waals surface area contributed by atoms with Crippen LogP contribution in [0.5, 0.6) is 0 Å². The highest BCUT2D eigenvalue weighted by atomic mass is 35.5. The highest BCUT2D eigenvalue weighted by Crippen LogP contribution is 2.15. The molecule has 4 aromatic rings. The van der Waals surface area contributed by atoms with Crippen LogP contribution in [0.15, 0.2) is 78.3 Å². The highest BCUT2D eigenvalue weighted by Gasteiger charge is 2.04. The average Bonchev–Trinajstić information content (AvgIpc) is 3.45. The van der Waals surface area contributed by atoms with E-state index in [4.69, 9.17) is 11.6 Å². The fourth-order valence-electron chi connectivity index (χ4n) is 2.86. The minimum atomic E-state index is -0.0138. The molecule has 30 heavy (non-hydrogen) atoms. The molecule has 2 heterocycles. The predicted molar refractivity (Wildman–Crippen MR) is 122 cm³/mol. The molecule has 5 nitrogen and oxygen atoms in total. The molecular formula is C23H19ClN4OS. The number of halogens is 1. The van der Waals surface area contributed by atoms with Gasteiger partial charge in [0.1, 0.15) is 5.69 Å². The fraction of sp³-hybridized carbons (Fsp3) is 0.0870. The van der Waals surface area contributed by atoms with E-state index in [0.29, 0.717) is 23.7 Å². The maximum atomic E-state index is 12.3. The van der Waals surface area contributed by atoms with E-state index < -0.39 is 0 Å². The SMILES string of the molecule is O=C(/C=C/c1cccs1)c1ccc(NCc2cn(Cc3ccc(Cl)cc3)nn2)cc1. The summed E-state index contributed by atoms with van der Waals surface area (Å²) in [5, 5.41) is 14.4. The summed E-state index contributed by atoms with van der Waals surface area (Å²) < 4.78 is 1.79. The van der Waals surface area contributed by atoms with Gasteiger partial charge in [0.05, 0.1) is 19.3 Å². The number of hydrogen-bond acceptors (Lipinski definition) is 5. The first-order valence-corrected chi connectivity index (χ1v) is 10.6. The summed E-state index contributed by atoms with van der Waals surface area (Å²) in [6.07, 6.45) is 5.36. The number of ketones is 1. The summed E-state index contributed by atoms with van der Waals surface area (Å²) in [6, 6.07) is 19.0. The van der Waals surface area contributed by atoms with Crippen LogP contribution in [0.4, 0.5) is 5.69 Å². The van der Waals surface area contributed by atoms with Gasteiger partial charge in [-0.25, -0.2) is 4.68 Å². The Balaban J connectivity index is 1.30. The third-order valence-electron chi connectivity index (χ3n) is 4.43. The number of anilines is 1. The van der Waals surface area contributed by atoms with Crippen molar-refractivity contribution >= 4 is 40.5 Å². The first-order valence-electron chi connectivity index (χ1n) is 9.39. The first kappa shape index (κ1) is 20.1. The van der Waals surface area contributed by atoms with Crippen molar-refractivity contribution in [1.82, 2.24) is 15.0 Å². The maximum absolute atomic E-state index is 12.3. The second-order valence-electron chi connectivity index (χ2n) is 6.68. The summed E-state index contributed by atoms with van der Waals surface area (Å²) >= 11 is 7.52. The standard InChI is InChI=1S/C23H19ClN4OS/c24-19-7-3-17(4-8-19)15-28-16-21(26-27-28)14-25-20-9-5-18(6-10-20)23(29)12-11-22-2-1-13-30-22/h1-13,16,25H,14-15H2/b12-11+. The molecule has 1 N–H and O–H groups in total. The zero-order valence-corrected chi connectivity index (χ0v) is 17.6. The van der Waals surface area contributed by atoms with Crippen molar-refractivity contribution < 1.29 is 4.79 Å². The van der Waals surface area contributed by atoms with Gasteiger partial charge in [-0.1, -0.05) is 35.0 Å². The quantitative estimate of drug-likeness (QED) is 0.292. The normalized spacial score (nSPS) is 11.1. The molecule has 7 heteroatoms. The van der Waals surface area contributed by atoms with Gasteiger partial charge < -0.3 is 5.32 Å². The second kappa shape index (κ2) is 9.52. The number of benzene rings is 2. The van der Waals surface area contributed by atoms with Crippen molar-refractivity contribution in [2.45, 2.75) is 13.1 Å². The third kappa shape index (κ3) is 5.43. The van der Waals surface area contributed by atoms with E-state index in [9.17, 15) is 4.79 Å². The van der Waals surface area contributed by atoms with Gasteiger partial charge in [-0.2, -0.15) is 0 Å². The number of nitrogens with zero attached hydrogens (tertiary/aromatic N) is 3. The lowest BCUT2D eigenvalue weighted by atomic mass is 10.1. The van der Waals surface area contributed by atoms with Crippen LogP contribution in [-0.4, -0.2) is 20.8 Å². The van der Waals surface area contributed by atoms with Crippen LogP contribution >= 0.6 is 22.9 Å². The lowest BCUT2D eigenvalue weighted by molar-refractivity contribution is 0.104. The fourth-order valence-corrected chi connectivity index (χ4v) is 3.60. The number of carbonyl (C=O) groups is 1. The van der Waals surface area contributed by atoms with Crippen LogP contribution in [0.1, 0.15) is 26.5 Å². The predicted octanol–water partition coefficient (Wildman–Crippen LogP) is 5.55. The summed E-state index contributed by atoms with van der Waals surface area (Å²) in [7, 11) is 0. The summed E-state index contributed by atoms with van der Waals surface area (Å²) in [6.45, 7) is 1.19. The molecule has 0 aliphatic rings. The molecule has 0 atom stereocenters. The molecule has 2 aromatic carbocycles. The second-order valence-corrected chi connectivity index (χ2v) is 8.09. The van der Waals surface area contributed by atoms with Crippen molar-refractivity contribution in [3.05, 3.63) is 105 Å². The number of thiophene rings is 1. The van der Waals surface area contributed by atoms with Crippen LogP contribution in [0, 0.1) is 0 Å². The monoisotopic (exact) mass is 434 g/mol. The Labute approximate surface area is 183 Å². The maximum Gasteiger partial charge on any atom is 0.185 e. The van der Waals surface area contributed by atoms with Gasteiger partial charge in [-0.15, -0.1) is 16.4 Å². The van der Waals surface area contributed by atoms with Crippen molar-refractivity contribution in [1.29, 1.82) is 0 Å². The van der Waals surface area contributed by atoms with Crippen molar-refractivity contribution in [2.75, 3.05) is 5.32 Å². The molecule has 0 fully saturated rings. The van der Waals surface area contributed by atoms with Crippen molar-refractivity contribution in [2.24, 2.45) is 0 Å². The molecule has 0 unspecified atom stereocenters. The number of allylic oxidation sites excluding steroid dienone is 1. The van der Waals surface area contributed by atoms with Gasteiger partial charge in [0.15, 0.2) is 5.78 Å². The zero-order valence-electron chi connectivity index (χ0n) is 16.0. The number of aromatic nitrogens is 3. The van der Waals surface area contributed by atoms with Crippen LogP contribution in [-0.2, 0) is 13.1 Å². The Hall–Kier alpha value is -3.22. The van der Waals surface area contributed by atoms with Gasteiger partial charge in [0, 0.05) is 21.2 Å². The minimum absolute atomic E-state index is 0.0138. The molecule has 0 amide bonds. The van der Waals surface area contributed by atoms with E-state index in [2.05, 4.69) is 15.6 Å². The van der Waals surface area contributed by atoms with Crippen LogP contribution < -0.4 is 5.32 Å². The third-order valence-corrected chi connectivity index (χ3v) is 5.52. The van der Waals surface area contributed by atoms with E-state index in [1.54, 1.807) is 22.1 Å². The lowest BCUT2D eigenvalue weighted by Gasteiger charge is -2.05. The Morgan fingerprint density at radius 2 is 1.90 bits per heavy atom. The molecule has 0 spiro atoms. The van der Waals surface area contributed by atoms with Gasteiger partial charge in [-0.3, -0.25) is 4.79 Å².